The molecular formula is C23H26F3N3O3. The van der Waals surface area contributed by atoms with Gasteiger partial charge in [-0.2, -0.15) is 13.2 Å². The number of anilines is 1. The van der Waals surface area contributed by atoms with E-state index in [1.54, 1.807) is 29.2 Å². The summed E-state index contributed by atoms with van der Waals surface area (Å²) in [5, 5.41) is 0. The number of amides is 1. The van der Waals surface area contributed by atoms with Gasteiger partial charge in [-0.1, -0.05) is 0 Å². The van der Waals surface area contributed by atoms with Crippen LogP contribution < -0.4 is 9.64 Å². The molecule has 1 aromatic carbocycles. The minimum absolute atomic E-state index is 0.105. The van der Waals surface area contributed by atoms with Gasteiger partial charge in [0, 0.05) is 50.8 Å². The molecule has 3 rings (SSSR count). The molecule has 6 nitrogen and oxygen atoms in total. The molecule has 0 bridgehead atoms. The van der Waals surface area contributed by atoms with Gasteiger partial charge >= 0.3 is 6.18 Å². The van der Waals surface area contributed by atoms with Crippen LogP contribution in [0.4, 0.5) is 19.0 Å². The number of alkyl halides is 3. The second-order valence-electron chi connectivity index (χ2n) is 7.50. The minimum Gasteiger partial charge on any atom is -0.494 e. The van der Waals surface area contributed by atoms with Gasteiger partial charge < -0.3 is 14.5 Å². The number of hydrogen-bond donors (Lipinski definition) is 0. The number of Topliss-reactive ketones (excluding diaryl/α,β-unsaturated/α-hetero) is 1. The summed E-state index contributed by atoms with van der Waals surface area (Å²) in [6.45, 7) is 4.45. The molecule has 1 aromatic heterocycles. The zero-order chi connectivity index (χ0) is 23.1. The SMILES string of the molecule is CCOc1ccc(C(=O)CCC(=O)N2CCCN(c3ccc(C(F)(F)F)cn3)CC2)cc1. The monoisotopic (exact) mass is 449 g/mol. The first kappa shape index (κ1) is 23.6. The summed E-state index contributed by atoms with van der Waals surface area (Å²) < 4.78 is 43.5. The summed E-state index contributed by atoms with van der Waals surface area (Å²) in [4.78, 5) is 32.5. The highest BCUT2D eigenvalue weighted by molar-refractivity contribution is 5.98. The van der Waals surface area contributed by atoms with Gasteiger partial charge in [0.2, 0.25) is 5.91 Å². The first-order valence-corrected chi connectivity index (χ1v) is 10.6. The highest BCUT2D eigenvalue weighted by Crippen LogP contribution is 2.29. The van der Waals surface area contributed by atoms with Crippen molar-refractivity contribution in [2.45, 2.75) is 32.4 Å². The molecule has 32 heavy (non-hydrogen) atoms. The number of aromatic nitrogens is 1. The zero-order valence-electron chi connectivity index (χ0n) is 17.9. The summed E-state index contributed by atoms with van der Waals surface area (Å²) in [5.41, 5.74) is -0.248. The van der Waals surface area contributed by atoms with Crippen LogP contribution in [0.15, 0.2) is 42.6 Å². The van der Waals surface area contributed by atoms with Gasteiger partial charge in [0.1, 0.15) is 11.6 Å². The second-order valence-corrected chi connectivity index (χ2v) is 7.50. The van der Waals surface area contributed by atoms with Gasteiger partial charge in [-0.15, -0.1) is 0 Å². The molecule has 0 N–H and O–H groups in total. The summed E-state index contributed by atoms with van der Waals surface area (Å²) in [6.07, 6.45) is -2.69. The van der Waals surface area contributed by atoms with E-state index in [1.807, 2.05) is 11.8 Å². The maximum absolute atomic E-state index is 12.7. The number of ketones is 1. The van der Waals surface area contributed by atoms with E-state index in [9.17, 15) is 22.8 Å². The third-order valence-corrected chi connectivity index (χ3v) is 5.30. The van der Waals surface area contributed by atoms with Crippen molar-refractivity contribution >= 4 is 17.5 Å². The van der Waals surface area contributed by atoms with Crippen molar-refractivity contribution in [1.29, 1.82) is 0 Å². The van der Waals surface area contributed by atoms with Crippen molar-refractivity contribution in [3.63, 3.8) is 0 Å². The summed E-state index contributed by atoms with van der Waals surface area (Å²) >= 11 is 0. The summed E-state index contributed by atoms with van der Waals surface area (Å²) in [6, 6.07) is 9.23. The molecule has 0 radical (unpaired) electrons. The Balaban J connectivity index is 1.50. The lowest BCUT2D eigenvalue weighted by atomic mass is 10.1. The number of rotatable bonds is 7. The van der Waals surface area contributed by atoms with Crippen LogP contribution in [-0.2, 0) is 11.0 Å². The van der Waals surface area contributed by atoms with Crippen LogP contribution in [-0.4, -0.2) is 54.4 Å². The summed E-state index contributed by atoms with van der Waals surface area (Å²) in [5.74, 6) is 0.938. The maximum Gasteiger partial charge on any atom is 0.417 e. The van der Waals surface area contributed by atoms with Gasteiger partial charge in [-0.05, 0) is 49.7 Å². The molecule has 0 aliphatic carbocycles. The number of carbonyl (C=O) groups is 2. The topological polar surface area (TPSA) is 62.7 Å². The van der Waals surface area contributed by atoms with E-state index in [4.69, 9.17) is 4.74 Å². The van der Waals surface area contributed by atoms with Crippen molar-refractivity contribution in [2.24, 2.45) is 0 Å². The Bertz CT molecular complexity index is 915. The zero-order valence-corrected chi connectivity index (χ0v) is 17.9. The number of halogens is 3. The molecule has 2 heterocycles. The van der Waals surface area contributed by atoms with Crippen LogP contribution >= 0.6 is 0 Å². The Morgan fingerprint density at radius 1 is 1.00 bits per heavy atom. The highest BCUT2D eigenvalue weighted by atomic mass is 19.4. The van der Waals surface area contributed by atoms with Gasteiger partial charge in [-0.3, -0.25) is 9.59 Å². The van der Waals surface area contributed by atoms with Crippen molar-refractivity contribution < 1.29 is 27.5 Å². The predicted octanol–water partition coefficient (Wildman–Crippen LogP) is 4.20. The van der Waals surface area contributed by atoms with Gasteiger partial charge in [0.15, 0.2) is 5.78 Å². The number of benzene rings is 1. The number of nitrogens with zero attached hydrogens (tertiary/aromatic N) is 3. The molecule has 1 aliphatic rings. The predicted molar refractivity (Wildman–Crippen MR) is 114 cm³/mol. The number of ether oxygens (including phenoxy) is 1. The van der Waals surface area contributed by atoms with Crippen molar-refractivity contribution in [1.82, 2.24) is 9.88 Å². The molecule has 0 saturated carbocycles. The van der Waals surface area contributed by atoms with Crippen molar-refractivity contribution in [3.8, 4) is 5.75 Å². The third kappa shape index (κ3) is 6.21. The van der Waals surface area contributed by atoms with Gasteiger partial charge in [-0.25, -0.2) is 4.98 Å². The lowest BCUT2D eigenvalue weighted by molar-refractivity contribution is -0.137. The van der Waals surface area contributed by atoms with E-state index in [0.717, 1.165) is 12.3 Å². The smallest absolute Gasteiger partial charge is 0.417 e. The Morgan fingerprint density at radius 3 is 2.38 bits per heavy atom. The fourth-order valence-corrected chi connectivity index (χ4v) is 3.56. The van der Waals surface area contributed by atoms with Crippen LogP contribution in [0.5, 0.6) is 5.75 Å². The first-order valence-electron chi connectivity index (χ1n) is 10.6. The lowest BCUT2D eigenvalue weighted by Gasteiger charge is -2.23. The average Bonchev–Trinajstić information content (AvgIpc) is 3.04. The second kappa shape index (κ2) is 10.5. The van der Waals surface area contributed by atoms with Crippen LogP contribution in [0.3, 0.4) is 0 Å². The Labute approximate surface area is 185 Å². The van der Waals surface area contributed by atoms with E-state index < -0.39 is 11.7 Å². The molecule has 1 aliphatic heterocycles. The van der Waals surface area contributed by atoms with Crippen molar-refractivity contribution in [2.75, 3.05) is 37.7 Å². The number of hydrogen-bond acceptors (Lipinski definition) is 5. The number of pyridine rings is 1. The Morgan fingerprint density at radius 2 is 1.75 bits per heavy atom. The highest BCUT2D eigenvalue weighted by Gasteiger charge is 2.31. The Hall–Kier alpha value is -3.10. The quantitative estimate of drug-likeness (QED) is 0.593. The molecule has 0 atom stereocenters. The molecule has 172 valence electrons. The molecule has 0 unspecified atom stereocenters. The van der Waals surface area contributed by atoms with E-state index in [0.29, 0.717) is 56.3 Å². The van der Waals surface area contributed by atoms with Gasteiger partial charge in [0.25, 0.3) is 0 Å². The Kier molecular flexibility index (Phi) is 7.71. The van der Waals surface area contributed by atoms with Crippen LogP contribution in [0.1, 0.15) is 42.1 Å². The first-order chi connectivity index (χ1) is 15.3. The van der Waals surface area contributed by atoms with Gasteiger partial charge in [0.05, 0.1) is 12.2 Å². The molecule has 2 aromatic rings. The minimum atomic E-state index is -4.42. The van der Waals surface area contributed by atoms with E-state index in [2.05, 4.69) is 4.98 Å². The number of carbonyl (C=O) groups excluding carboxylic acids is 2. The van der Waals surface area contributed by atoms with Crippen molar-refractivity contribution in [3.05, 3.63) is 53.7 Å². The third-order valence-electron chi connectivity index (χ3n) is 5.30. The molecule has 9 heteroatoms. The normalized spacial score (nSPS) is 14.8. The van der Waals surface area contributed by atoms with E-state index in [1.165, 1.54) is 6.07 Å². The molecule has 1 saturated heterocycles. The fourth-order valence-electron chi connectivity index (χ4n) is 3.56. The molecule has 0 spiro atoms. The largest absolute Gasteiger partial charge is 0.494 e. The average molecular weight is 449 g/mol. The maximum atomic E-state index is 12.7. The van der Waals surface area contributed by atoms with Crippen LogP contribution in [0.25, 0.3) is 0 Å². The molecule has 1 amide bonds. The fraction of sp³-hybridized carbons (Fsp3) is 0.435. The summed E-state index contributed by atoms with van der Waals surface area (Å²) in [7, 11) is 0. The standard InChI is InChI=1S/C23H26F3N3O3/c1-2-32-19-7-4-17(5-8-19)20(30)9-11-22(31)29-13-3-12-28(14-15-29)21-10-6-18(16-27-21)23(24,25)26/h4-8,10,16H,2-3,9,11-15H2,1H3. The molecule has 1 fully saturated rings. The molecular weight excluding hydrogens is 423 g/mol. The van der Waals surface area contributed by atoms with E-state index >= 15 is 0 Å². The van der Waals surface area contributed by atoms with Crippen LogP contribution in [0.2, 0.25) is 0 Å². The van der Waals surface area contributed by atoms with Crippen LogP contribution in [0, 0.1) is 0 Å². The lowest BCUT2D eigenvalue weighted by Crippen LogP contribution is -2.35. The van der Waals surface area contributed by atoms with E-state index in [-0.39, 0.29) is 24.5 Å².